The molecule has 3 aromatic rings. The number of nitrogens with one attached hydrogen (secondary N) is 2. The van der Waals surface area contributed by atoms with Gasteiger partial charge < -0.3 is 15.1 Å². The number of nitrogens with zero attached hydrogens (tertiary/aromatic N) is 1. The first-order valence-electron chi connectivity index (χ1n) is 7.98. The fourth-order valence-corrected chi connectivity index (χ4v) is 2.54. The molecule has 0 fully saturated rings. The molecule has 2 aromatic carbocycles. The molecule has 0 saturated carbocycles. The third-order valence-electron chi connectivity index (χ3n) is 3.81. The Bertz CT molecular complexity index is 915. The molecule has 0 radical (unpaired) electrons. The highest BCUT2D eigenvalue weighted by Gasteiger charge is 2.08. The molecule has 2 N–H and O–H groups in total. The predicted molar refractivity (Wildman–Crippen MR) is 92.0 cm³/mol. The molecule has 0 atom stereocenters. The van der Waals surface area contributed by atoms with Crippen molar-refractivity contribution in [3.63, 3.8) is 0 Å². The van der Waals surface area contributed by atoms with Crippen molar-refractivity contribution < 1.29 is 13.6 Å². The molecule has 0 spiro atoms. The van der Waals surface area contributed by atoms with Crippen LogP contribution in [0.3, 0.4) is 0 Å². The molecule has 0 bridgehead atoms. The molecule has 0 saturated heterocycles. The van der Waals surface area contributed by atoms with Crippen molar-refractivity contribution >= 4 is 17.1 Å². The number of hydrogen-bond donors (Lipinski definition) is 2. The van der Waals surface area contributed by atoms with Crippen LogP contribution >= 0.6 is 0 Å². The van der Waals surface area contributed by atoms with Crippen LogP contribution in [-0.4, -0.2) is 23.7 Å². The molecule has 6 nitrogen and oxygen atoms in total. The number of urea groups is 1. The van der Waals surface area contributed by atoms with Crippen LogP contribution in [0.5, 0.6) is 0 Å². The van der Waals surface area contributed by atoms with Crippen molar-refractivity contribution in [3.8, 4) is 0 Å². The number of oxazole rings is 1. The van der Waals surface area contributed by atoms with Gasteiger partial charge in [-0.05, 0) is 36.2 Å². The molecule has 1 heterocycles. The number of amides is 2. The maximum Gasteiger partial charge on any atom is 0.420 e. The lowest BCUT2D eigenvalue weighted by molar-refractivity contribution is 0.240. The second-order valence-electron chi connectivity index (χ2n) is 5.55. The Hall–Kier alpha value is -3.09. The third kappa shape index (κ3) is 4.26. The SMILES string of the molecule is O=C(NCCc1ccc(F)cc1)NCCn1c(=O)oc2ccccc21. The fraction of sp³-hybridized carbons (Fsp3) is 0.222. The first-order valence-corrected chi connectivity index (χ1v) is 7.98. The van der Waals surface area contributed by atoms with E-state index in [9.17, 15) is 14.0 Å². The normalized spacial score (nSPS) is 10.8. The second-order valence-corrected chi connectivity index (χ2v) is 5.55. The minimum absolute atomic E-state index is 0.281. The van der Waals surface area contributed by atoms with E-state index < -0.39 is 5.76 Å². The van der Waals surface area contributed by atoms with E-state index in [2.05, 4.69) is 10.6 Å². The summed E-state index contributed by atoms with van der Waals surface area (Å²) in [6.45, 7) is 1.05. The number of para-hydroxylation sites is 2. The maximum atomic E-state index is 12.8. The van der Waals surface area contributed by atoms with Gasteiger partial charge in [-0.15, -0.1) is 0 Å². The zero-order valence-electron chi connectivity index (χ0n) is 13.5. The number of benzene rings is 2. The molecule has 0 aliphatic carbocycles. The Morgan fingerprint density at radius 1 is 1.04 bits per heavy atom. The molecule has 7 heteroatoms. The molecule has 130 valence electrons. The number of hydrogen-bond acceptors (Lipinski definition) is 3. The molecule has 3 rings (SSSR count). The van der Waals surface area contributed by atoms with Crippen molar-refractivity contribution in [1.82, 2.24) is 15.2 Å². The largest absolute Gasteiger partial charge is 0.420 e. The molecule has 1 aromatic heterocycles. The predicted octanol–water partition coefficient (Wildman–Crippen LogP) is 2.28. The van der Waals surface area contributed by atoms with Crippen LogP contribution in [0.25, 0.3) is 11.1 Å². The van der Waals surface area contributed by atoms with E-state index in [4.69, 9.17) is 4.42 Å². The smallest absolute Gasteiger partial charge is 0.408 e. The summed E-state index contributed by atoms with van der Waals surface area (Å²) in [5.74, 6) is -0.726. The number of halogens is 1. The van der Waals surface area contributed by atoms with Crippen molar-refractivity contribution in [3.05, 3.63) is 70.5 Å². The number of rotatable bonds is 6. The van der Waals surface area contributed by atoms with Gasteiger partial charge in [-0.25, -0.2) is 14.0 Å². The van der Waals surface area contributed by atoms with E-state index in [1.807, 2.05) is 6.07 Å². The van der Waals surface area contributed by atoms with Crippen molar-refractivity contribution in [2.45, 2.75) is 13.0 Å². The van der Waals surface area contributed by atoms with Crippen LogP contribution in [-0.2, 0) is 13.0 Å². The second kappa shape index (κ2) is 7.65. The van der Waals surface area contributed by atoms with E-state index in [0.717, 1.165) is 5.56 Å². The van der Waals surface area contributed by atoms with Gasteiger partial charge in [0.05, 0.1) is 5.52 Å². The molecule has 0 aliphatic rings. The lowest BCUT2D eigenvalue weighted by atomic mass is 10.1. The summed E-state index contributed by atoms with van der Waals surface area (Å²) in [6.07, 6.45) is 0.611. The van der Waals surface area contributed by atoms with Gasteiger partial charge in [-0.1, -0.05) is 24.3 Å². The monoisotopic (exact) mass is 343 g/mol. The van der Waals surface area contributed by atoms with Gasteiger partial charge in [-0.3, -0.25) is 4.57 Å². The van der Waals surface area contributed by atoms with Crippen LogP contribution in [0.4, 0.5) is 9.18 Å². The van der Waals surface area contributed by atoms with Crippen LogP contribution in [0.1, 0.15) is 5.56 Å². The van der Waals surface area contributed by atoms with Crippen LogP contribution in [0, 0.1) is 5.82 Å². The molecule has 2 amide bonds. The summed E-state index contributed by atoms with van der Waals surface area (Å²) in [7, 11) is 0. The van der Waals surface area contributed by atoms with Gasteiger partial charge >= 0.3 is 11.8 Å². The first kappa shape index (κ1) is 16.8. The van der Waals surface area contributed by atoms with Crippen molar-refractivity contribution in [2.75, 3.05) is 13.1 Å². The van der Waals surface area contributed by atoms with Gasteiger partial charge in [0.25, 0.3) is 0 Å². The summed E-state index contributed by atoms with van der Waals surface area (Å²) >= 11 is 0. The first-order chi connectivity index (χ1) is 12.1. The van der Waals surface area contributed by atoms with Crippen LogP contribution < -0.4 is 16.4 Å². The highest BCUT2D eigenvalue weighted by Crippen LogP contribution is 2.11. The van der Waals surface area contributed by atoms with Gasteiger partial charge in [-0.2, -0.15) is 0 Å². The summed E-state index contributed by atoms with van der Waals surface area (Å²) in [5.41, 5.74) is 2.17. The lowest BCUT2D eigenvalue weighted by Crippen LogP contribution is -2.38. The van der Waals surface area contributed by atoms with E-state index in [1.165, 1.54) is 16.7 Å². The van der Waals surface area contributed by atoms with Gasteiger partial charge in [0.1, 0.15) is 5.82 Å². The Balaban J connectivity index is 1.44. The Morgan fingerprint density at radius 3 is 2.56 bits per heavy atom. The Morgan fingerprint density at radius 2 is 1.76 bits per heavy atom. The number of carbonyl (C=O) groups excluding carboxylic acids is 1. The summed E-state index contributed by atoms with van der Waals surface area (Å²) in [4.78, 5) is 23.6. The fourth-order valence-electron chi connectivity index (χ4n) is 2.54. The molecular formula is C18H18FN3O3. The zero-order chi connectivity index (χ0) is 17.6. The summed E-state index contributed by atoms with van der Waals surface area (Å²) in [5, 5.41) is 5.42. The van der Waals surface area contributed by atoms with Gasteiger partial charge in [0, 0.05) is 19.6 Å². The Labute approximate surface area is 143 Å². The van der Waals surface area contributed by atoms with E-state index in [0.29, 0.717) is 37.2 Å². The molecule has 0 aliphatic heterocycles. The molecular weight excluding hydrogens is 325 g/mol. The average Bonchev–Trinajstić information content (AvgIpc) is 2.92. The van der Waals surface area contributed by atoms with Crippen LogP contribution in [0.15, 0.2) is 57.7 Å². The zero-order valence-corrected chi connectivity index (χ0v) is 13.5. The summed E-state index contributed by atoms with van der Waals surface area (Å²) in [6, 6.07) is 13.0. The van der Waals surface area contributed by atoms with Crippen LogP contribution in [0.2, 0.25) is 0 Å². The van der Waals surface area contributed by atoms with Crippen molar-refractivity contribution in [1.29, 1.82) is 0 Å². The number of fused-ring (bicyclic) bond motifs is 1. The van der Waals surface area contributed by atoms with E-state index in [1.54, 1.807) is 30.3 Å². The minimum Gasteiger partial charge on any atom is -0.408 e. The highest BCUT2D eigenvalue weighted by atomic mass is 19.1. The number of carbonyl (C=O) groups is 1. The molecule has 0 unspecified atom stereocenters. The van der Waals surface area contributed by atoms with Crippen molar-refractivity contribution in [2.24, 2.45) is 0 Å². The standard InChI is InChI=1S/C18H18FN3O3/c19-14-7-5-13(6-8-14)9-10-20-17(23)21-11-12-22-15-3-1-2-4-16(15)25-18(22)24/h1-8H,9-12H2,(H2,20,21,23). The topological polar surface area (TPSA) is 76.3 Å². The Kier molecular flexibility index (Phi) is 5.13. The number of aromatic nitrogens is 1. The van der Waals surface area contributed by atoms with Gasteiger partial charge in [0.2, 0.25) is 0 Å². The third-order valence-corrected chi connectivity index (χ3v) is 3.81. The average molecular weight is 343 g/mol. The van der Waals surface area contributed by atoms with Gasteiger partial charge in [0.15, 0.2) is 5.58 Å². The maximum absolute atomic E-state index is 12.8. The highest BCUT2D eigenvalue weighted by molar-refractivity contribution is 5.74. The van der Waals surface area contributed by atoms with E-state index >= 15 is 0 Å². The quantitative estimate of drug-likeness (QED) is 0.721. The summed E-state index contributed by atoms with van der Waals surface area (Å²) < 4.78 is 19.4. The lowest BCUT2D eigenvalue weighted by Gasteiger charge is -2.08. The van der Waals surface area contributed by atoms with E-state index in [-0.39, 0.29) is 11.8 Å². The minimum atomic E-state index is -0.445. The molecule has 25 heavy (non-hydrogen) atoms.